The van der Waals surface area contributed by atoms with Crippen molar-refractivity contribution >= 4 is 28.7 Å². The van der Waals surface area contributed by atoms with E-state index >= 15 is 0 Å². The Morgan fingerprint density at radius 3 is 2.82 bits per heavy atom. The first-order chi connectivity index (χ1) is 18.5. The lowest BCUT2D eigenvalue weighted by atomic mass is 10.1. The monoisotopic (exact) mass is 528 g/mol. The van der Waals surface area contributed by atoms with Crippen LogP contribution in [0.4, 0.5) is 5.82 Å². The van der Waals surface area contributed by atoms with Gasteiger partial charge in [0.15, 0.2) is 5.65 Å². The van der Waals surface area contributed by atoms with Crippen LogP contribution < -0.4 is 10.2 Å². The Hall–Kier alpha value is -3.81. The van der Waals surface area contributed by atoms with Crippen molar-refractivity contribution in [2.75, 3.05) is 37.6 Å². The molecule has 1 unspecified atom stereocenters. The molecule has 196 valence electrons. The van der Waals surface area contributed by atoms with Crippen molar-refractivity contribution in [3.63, 3.8) is 0 Å². The molecular formula is C28H32N8OS. The number of aromatic nitrogens is 4. The Labute approximate surface area is 226 Å². The van der Waals surface area contributed by atoms with Gasteiger partial charge in [0.25, 0.3) is 5.91 Å². The third kappa shape index (κ3) is 5.26. The fraction of sp³-hybridized carbons (Fsp3) is 0.393. The Morgan fingerprint density at radius 1 is 1.26 bits per heavy atom. The number of carbonyl (C=O) groups is 1. The van der Waals surface area contributed by atoms with E-state index < -0.39 is 0 Å². The summed E-state index contributed by atoms with van der Waals surface area (Å²) in [6, 6.07) is 12.2. The lowest BCUT2D eigenvalue weighted by molar-refractivity contribution is 0.0938. The van der Waals surface area contributed by atoms with E-state index in [4.69, 9.17) is 9.97 Å². The molecule has 9 nitrogen and oxygen atoms in total. The van der Waals surface area contributed by atoms with Gasteiger partial charge in [-0.15, -0.1) is 11.3 Å². The Balaban J connectivity index is 1.51. The quantitative estimate of drug-likeness (QED) is 0.345. The number of hydrogen-bond acceptors (Lipinski definition) is 8. The number of pyridine rings is 1. The predicted octanol–water partition coefficient (Wildman–Crippen LogP) is 4.33. The van der Waals surface area contributed by atoms with Crippen LogP contribution in [-0.2, 0) is 0 Å². The van der Waals surface area contributed by atoms with Crippen LogP contribution in [0.3, 0.4) is 0 Å². The van der Waals surface area contributed by atoms with Crippen LogP contribution in [0.2, 0.25) is 0 Å². The molecule has 1 fully saturated rings. The number of amides is 1. The van der Waals surface area contributed by atoms with Crippen molar-refractivity contribution in [3.8, 4) is 27.9 Å². The van der Waals surface area contributed by atoms with Crippen LogP contribution in [0.25, 0.3) is 27.5 Å². The van der Waals surface area contributed by atoms with Gasteiger partial charge >= 0.3 is 0 Å². The van der Waals surface area contributed by atoms with Gasteiger partial charge in [-0.05, 0) is 56.1 Å². The third-order valence-corrected chi connectivity index (χ3v) is 8.07. The number of nitrogens with one attached hydrogen (secondary N) is 1. The maximum absolute atomic E-state index is 13.4. The molecule has 1 saturated heterocycles. The highest BCUT2D eigenvalue weighted by molar-refractivity contribution is 7.13. The zero-order chi connectivity index (χ0) is 26.6. The molecule has 0 saturated carbocycles. The number of fused-ring (bicyclic) bond motifs is 1. The molecule has 1 amide bonds. The standard InChI is InChI=1S/C28H32N8OS/c1-4-34(5-2)19(3)16-30-28(37)21-13-24(32-26(14-21)35-10-8-20(15-29)18-35)22-17-31-36-11-9-23(33-27(22)36)25-7-6-12-38-25/h6-7,9,11-14,17,19-20H,4-5,8,10,16,18H2,1-3H3,(H,30,37)/t19?,20-/m1/s1. The molecule has 0 aliphatic carbocycles. The van der Waals surface area contributed by atoms with Crippen LogP contribution in [-0.4, -0.2) is 69.2 Å². The van der Waals surface area contributed by atoms with Gasteiger partial charge in [-0.2, -0.15) is 10.4 Å². The van der Waals surface area contributed by atoms with E-state index in [9.17, 15) is 10.1 Å². The van der Waals surface area contributed by atoms with Crippen molar-refractivity contribution in [1.29, 1.82) is 5.26 Å². The summed E-state index contributed by atoms with van der Waals surface area (Å²) in [5.41, 5.74) is 3.47. The number of hydrogen-bond donors (Lipinski definition) is 1. The van der Waals surface area contributed by atoms with Crippen LogP contribution in [0.1, 0.15) is 37.6 Å². The van der Waals surface area contributed by atoms with E-state index in [1.807, 2.05) is 41.9 Å². The molecule has 38 heavy (non-hydrogen) atoms. The van der Waals surface area contributed by atoms with Crippen molar-refractivity contribution < 1.29 is 4.79 Å². The summed E-state index contributed by atoms with van der Waals surface area (Å²) >= 11 is 1.63. The predicted molar refractivity (Wildman–Crippen MR) is 150 cm³/mol. The zero-order valence-corrected chi connectivity index (χ0v) is 22.8. The minimum atomic E-state index is -0.145. The van der Waals surface area contributed by atoms with Crippen molar-refractivity contribution in [2.45, 2.75) is 33.2 Å². The maximum Gasteiger partial charge on any atom is 0.251 e. The zero-order valence-electron chi connectivity index (χ0n) is 22.0. The average Bonchev–Trinajstić information content (AvgIpc) is 3.72. The molecule has 5 rings (SSSR count). The lowest BCUT2D eigenvalue weighted by Crippen LogP contribution is -2.42. The molecule has 0 aromatic carbocycles. The Kier molecular flexibility index (Phi) is 7.67. The normalized spacial score (nSPS) is 16.2. The fourth-order valence-electron chi connectivity index (χ4n) is 4.95. The summed E-state index contributed by atoms with van der Waals surface area (Å²) in [5.74, 6) is 0.504. The molecular weight excluding hydrogens is 496 g/mol. The molecule has 0 bridgehead atoms. The Bertz CT molecular complexity index is 1450. The van der Waals surface area contributed by atoms with E-state index in [0.717, 1.165) is 42.2 Å². The minimum absolute atomic E-state index is 0.0420. The summed E-state index contributed by atoms with van der Waals surface area (Å²) in [5, 5.41) is 19.1. The highest BCUT2D eigenvalue weighted by Crippen LogP contribution is 2.30. The van der Waals surface area contributed by atoms with Gasteiger partial charge in [-0.3, -0.25) is 9.69 Å². The van der Waals surface area contributed by atoms with Crippen molar-refractivity contribution in [1.82, 2.24) is 29.8 Å². The molecule has 5 heterocycles. The van der Waals surface area contributed by atoms with Gasteiger partial charge in [0.05, 0.1) is 40.0 Å². The first-order valence-corrected chi connectivity index (χ1v) is 14.0. The first-order valence-electron chi connectivity index (χ1n) is 13.1. The van der Waals surface area contributed by atoms with Gasteiger partial charge in [-0.1, -0.05) is 19.9 Å². The third-order valence-electron chi connectivity index (χ3n) is 7.18. The Morgan fingerprint density at radius 2 is 2.11 bits per heavy atom. The molecule has 4 aromatic rings. The number of rotatable bonds is 9. The van der Waals surface area contributed by atoms with E-state index in [0.29, 0.717) is 35.8 Å². The number of nitriles is 1. The number of thiophene rings is 1. The molecule has 1 N–H and O–H groups in total. The van der Waals surface area contributed by atoms with E-state index in [-0.39, 0.29) is 17.9 Å². The number of anilines is 1. The SMILES string of the molecule is CCN(CC)C(C)CNC(=O)c1cc(-c2cnn3ccc(-c4cccs4)nc23)nc(N2CC[C@H](C#N)C2)c1. The number of nitrogens with zero attached hydrogens (tertiary/aromatic N) is 7. The van der Waals surface area contributed by atoms with Crippen molar-refractivity contribution in [2.24, 2.45) is 5.92 Å². The van der Waals surface area contributed by atoms with E-state index in [1.54, 1.807) is 22.0 Å². The highest BCUT2D eigenvalue weighted by atomic mass is 32.1. The summed E-state index contributed by atoms with van der Waals surface area (Å²) < 4.78 is 1.73. The molecule has 1 aliphatic rings. The van der Waals surface area contributed by atoms with Crippen LogP contribution in [0.15, 0.2) is 48.1 Å². The first kappa shape index (κ1) is 25.8. The molecule has 1 aliphatic heterocycles. The second-order valence-electron chi connectivity index (χ2n) is 9.56. The molecule has 0 radical (unpaired) electrons. The molecule has 4 aromatic heterocycles. The largest absolute Gasteiger partial charge is 0.355 e. The number of carbonyl (C=O) groups excluding carboxylic acids is 1. The van der Waals surface area contributed by atoms with Gasteiger partial charge in [0.1, 0.15) is 5.82 Å². The second-order valence-corrected chi connectivity index (χ2v) is 10.5. The van der Waals surface area contributed by atoms with E-state index in [2.05, 4.69) is 47.1 Å². The maximum atomic E-state index is 13.4. The van der Waals surface area contributed by atoms with Gasteiger partial charge in [0, 0.05) is 37.4 Å². The molecule has 0 spiro atoms. The van der Waals surface area contributed by atoms with Crippen LogP contribution in [0.5, 0.6) is 0 Å². The van der Waals surface area contributed by atoms with Gasteiger partial charge < -0.3 is 10.2 Å². The van der Waals surface area contributed by atoms with Crippen LogP contribution in [0, 0.1) is 17.2 Å². The molecule has 10 heteroatoms. The van der Waals surface area contributed by atoms with Gasteiger partial charge in [-0.25, -0.2) is 14.5 Å². The summed E-state index contributed by atoms with van der Waals surface area (Å²) in [4.78, 5) is 28.7. The topological polar surface area (TPSA) is 102 Å². The van der Waals surface area contributed by atoms with Gasteiger partial charge in [0.2, 0.25) is 0 Å². The summed E-state index contributed by atoms with van der Waals surface area (Å²) in [6.45, 7) is 10.1. The fourth-order valence-corrected chi connectivity index (χ4v) is 5.65. The molecule has 2 atom stereocenters. The van der Waals surface area contributed by atoms with Crippen molar-refractivity contribution in [3.05, 3.63) is 53.7 Å². The van der Waals surface area contributed by atoms with Crippen LogP contribution >= 0.6 is 11.3 Å². The summed E-state index contributed by atoms with van der Waals surface area (Å²) in [6.07, 6.45) is 4.43. The average molecular weight is 529 g/mol. The highest BCUT2D eigenvalue weighted by Gasteiger charge is 2.25. The number of likely N-dealkylation sites (N-methyl/N-ethyl adjacent to an activating group) is 1. The minimum Gasteiger partial charge on any atom is -0.355 e. The second kappa shape index (κ2) is 11.3. The van der Waals surface area contributed by atoms with E-state index in [1.165, 1.54) is 0 Å². The summed E-state index contributed by atoms with van der Waals surface area (Å²) in [7, 11) is 0. The smallest absolute Gasteiger partial charge is 0.251 e. The lowest BCUT2D eigenvalue weighted by Gasteiger charge is -2.26.